The van der Waals surface area contributed by atoms with Crippen molar-refractivity contribution in [3.05, 3.63) is 328 Å². The molecule has 94 heavy (non-hydrogen) atoms. The summed E-state index contributed by atoms with van der Waals surface area (Å²) in [6, 6.07) is 121. The molecule has 0 aliphatic carbocycles. The van der Waals surface area contributed by atoms with Crippen molar-refractivity contribution in [3.63, 3.8) is 0 Å². The summed E-state index contributed by atoms with van der Waals surface area (Å²) >= 11 is 0. The van der Waals surface area contributed by atoms with E-state index in [-0.39, 0.29) is 0 Å². The molecule has 0 aliphatic heterocycles. The van der Waals surface area contributed by atoms with Crippen molar-refractivity contribution in [2.45, 2.75) is 0 Å². The summed E-state index contributed by atoms with van der Waals surface area (Å²) < 4.78 is 14.2. The van der Waals surface area contributed by atoms with Crippen LogP contribution in [0.4, 0.5) is 0 Å². The predicted octanol–water partition coefficient (Wildman–Crippen LogP) is 26.4. The van der Waals surface area contributed by atoms with Gasteiger partial charge >= 0.3 is 0 Å². The minimum atomic E-state index is 0.876. The largest absolute Gasteiger partial charge is 0.455 e. The second kappa shape index (κ2) is 20.6. The molecule has 0 radical (unpaired) electrons. The summed E-state index contributed by atoms with van der Waals surface area (Å²) in [5, 5.41) is 23.5. The molecule has 0 spiro atoms. The maximum atomic E-state index is 7.38. The molecule has 2 heteroatoms. The molecular formula is C92H54O2. The van der Waals surface area contributed by atoms with Gasteiger partial charge in [0.05, 0.1) is 0 Å². The molecular weight excluding hydrogens is 1140 g/mol. The van der Waals surface area contributed by atoms with Crippen molar-refractivity contribution < 1.29 is 8.83 Å². The van der Waals surface area contributed by atoms with Crippen LogP contribution in [0, 0.1) is 0 Å². The Balaban J connectivity index is 0.735. The van der Waals surface area contributed by atoms with Crippen LogP contribution >= 0.6 is 0 Å². The number of benzene rings is 18. The van der Waals surface area contributed by atoms with Crippen LogP contribution < -0.4 is 0 Å². The summed E-state index contributed by atoms with van der Waals surface area (Å²) in [6.45, 7) is 0. The van der Waals surface area contributed by atoms with Gasteiger partial charge in [0.15, 0.2) is 0 Å². The van der Waals surface area contributed by atoms with E-state index in [1.807, 2.05) is 0 Å². The van der Waals surface area contributed by atoms with Crippen LogP contribution in [0.5, 0.6) is 0 Å². The maximum absolute atomic E-state index is 7.38. The number of rotatable bonds is 7. The molecule has 0 saturated heterocycles. The van der Waals surface area contributed by atoms with E-state index in [1.54, 1.807) is 0 Å². The summed E-state index contributed by atoms with van der Waals surface area (Å²) in [6.07, 6.45) is 0. The van der Waals surface area contributed by atoms with Crippen LogP contribution in [0.2, 0.25) is 0 Å². The lowest BCUT2D eigenvalue weighted by Gasteiger charge is -2.20. The fourth-order valence-corrected chi connectivity index (χ4v) is 16.1. The van der Waals surface area contributed by atoms with Crippen molar-refractivity contribution in [1.82, 2.24) is 0 Å². The minimum Gasteiger partial charge on any atom is -0.455 e. The second-order valence-electron chi connectivity index (χ2n) is 25.1. The van der Waals surface area contributed by atoms with E-state index >= 15 is 0 Å². The molecule has 0 unspecified atom stereocenters. The average Bonchev–Trinajstić information content (AvgIpc) is 1.21. The quantitative estimate of drug-likeness (QED) is 0.149. The summed E-state index contributed by atoms with van der Waals surface area (Å²) in [7, 11) is 0. The second-order valence-corrected chi connectivity index (χ2v) is 25.1. The molecule has 0 amide bonds. The van der Waals surface area contributed by atoms with E-state index < -0.39 is 0 Å². The number of furan rings is 2. The van der Waals surface area contributed by atoms with Crippen molar-refractivity contribution in [1.29, 1.82) is 0 Å². The predicted molar refractivity (Wildman–Crippen MR) is 399 cm³/mol. The molecule has 0 aliphatic rings. The fourth-order valence-electron chi connectivity index (χ4n) is 16.1. The molecule has 0 bridgehead atoms. The van der Waals surface area contributed by atoms with Gasteiger partial charge in [0, 0.05) is 37.9 Å². The van der Waals surface area contributed by atoms with Gasteiger partial charge in [0.25, 0.3) is 0 Å². The molecule has 18 aromatic carbocycles. The molecule has 2 nitrogen and oxygen atoms in total. The van der Waals surface area contributed by atoms with Crippen molar-refractivity contribution in [2.24, 2.45) is 0 Å². The first-order valence-electron chi connectivity index (χ1n) is 32.5. The van der Waals surface area contributed by atoms with E-state index in [0.717, 1.165) is 82.3 Å². The van der Waals surface area contributed by atoms with Gasteiger partial charge in [-0.1, -0.05) is 297 Å². The summed E-state index contributed by atoms with van der Waals surface area (Å²) in [5.74, 6) is 0. The van der Waals surface area contributed by atoms with Gasteiger partial charge in [0.2, 0.25) is 0 Å². The molecule has 2 heterocycles. The lowest BCUT2D eigenvalue weighted by atomic mass is 9.83. The van der Waals surface area contributed by atoms with Gasteiger partial charge in [-0.3, -0.25) is 0 Å². The smallest absolute Gasteiger partial charge is 0.143 e. The summed E-state index contributed by atoms with van der Waals surface area (Å²) in [4.78, 5) is 0. The normalized spacial score (nSPS) is 12.0. The zero-order valence-electron chi connectivity index (χ0n) is 51.0. The van der Waals surface area contributed by atoms with Crippen LogP contribution in [0.15, 0.2) is 336 Å². The zero-order chi connectivity index (χ0) is 61.5. The molecule has 0 saturated carbocycles. The van der Waals surface area contributed by atoms with Crippen molar-refractivity contribution in [2.75, 3.05) is 0 Å². The van der Waals surface area contributed by atoms with Gasteiger partial charge in [-0.25, -0.2) is 0 Å². The molecule has 20 aromatic rings. The molecule has 434 valence electrons. The third-order valence-electron chi connectivity index (χ3n) is 20.3. The van der Waals surface area contributed by atoms with Crippen LogP contribution in [0.3, 0.4) is 0 Å². The number of fused-ring (bicyclic) bond motifs is 16. The van der Waals surface area contributed by atoms with Gasteiger partial charge in [-0.2, -0.15) is 0 Å². The Morgan fingerprint density at radius 3 is 1.11 bits per heavy atom. The molecule has 20 rings (SSSR count). The average molecular weight is 1190 g/mol. The Hall–Kier alpha value is -12.4. The van der Waals surface area contributed by atoms with Gasteiger partial charge in [-0.05, 0) is 178 Å². The van der Waals surface area contributed by atoms with E-state index in [2.05, 4.69) is 328 Å². The monoisotopic (exact) mass is 1190 g/mol. The van der Waals surface area contributed by atoms with E-state index in [4.69, 9.17) is 8.83 Å². The highest BCUT2D eigenvalue weighted by Gasteiger charge is 2.26. The minimum absolute atomic E-state index is 0.876. The van der Waals surface area contributed by atoms with Crippen molar-refractivity contribution >= 4 is 130 Å². The number of hydrogen-bond donors (Lipinski definition) is 0. The highest BCUT2D eigenvalue weighted by Crippen LogP contribution is 2.53. The SMILES string of the molecule is c1ccc(-c2ccc3c(-c4c5ccccc5c(-c5ccc(-c6ccc(-c7ccc(-c8c9ccccc9c(-c9cccc%10oc%11c%12ccccc%12ccc%11c9%10)c9ccccc89)c8ccccc78)cc6)c6oc7c8ccccc8ccc7c56)c5ccccc45)cccc3c2)cc1. The lowest BCUT2D eigenvalue weighted by molar-refractivity contribution is 0.672. The first kappa shape index (κ1) is 52.4. The van der Waals surface area contributed by atoms with E-state index in [1.165, 1.54) is 126 Å². The third kappa shape index (κ3) is 7.78. The first-order chi connectivity index (χ1) is 46.7. The van der Waals surface area contributed by atoms with Gasteiger partial charge < -0.3 is 8.83 Å². The highest BCUT2D eigenvalue weighted by molar-refractivity contribution is 6.31. The Morgan fingerprint density at radius 1 is 0.160 bits per heavy atom. The van der Waals surface area contributed by atoms with Crippen LogP contribution in [-0.2, 0) is 0 Å². The maximum Gasteiger partial charge on any atom is 0.143 e. The van der Waals surface area contributed by atoms with Crippen LogP contribution in [0.1, 0.15) is 0 Å². The molecule has 0 fully saturated rings. The molecule has 0 atom stereocenters. The molecule has 2 aromatic heterocycles. The Bertz CT molecular complexity index is 6470. The Labute approximate surface area is 541 Å². The number of hydrogen-bond acceptors (Lipinski definition) is 2. The van der Waals surface area contributed by atoms with Crippen LogP contribution in [-0.4, -0.2) is 0 Å². The van der Waals surface area contributed by atoms with Crippen LogP contribution in [0.25, 0.3) is 208 Å². The van der Waals surface area contributed by atoms with E-state index in [9.17, 15) is 0 Å². The fraction of sp³-hybridized carbons (Fsp3) is 0. The zero-order valence-corrected chi connectivity index (χ0v) is 51.0. The third-order valence-corrected chi connectivity index (χ3v) is 20.3. The van der Waals surface area contributed by atoms with Gasteiger partial charge in [0.1, 0.15) is 22.3 Å². The first-order valence-corrected chi connectivity index (χ1v) is 32.5. The van der Waals surface area contributed by atoms with Crippen molar-refractivity contribution in [3.8, 4) is 77.9 Å². The summed E-state index contributed by atoms with van der Waals surface area (Å²) in [5.41, 5.74) is 20.1. The topological polar surface area (TPSA) is 26.3 Å². The Morgan fingerprint density at radius 2 is 0.532 bits per heavy atom. The Kier molecular flexibility index (Phi) is 11.5. The van der Waals surface area contributed by atoms with Gasteiger partial charge in [-0.15, -0.1) is 0 Å². The standard InChI is InChI=1S/C92H54O2/c1-2-20-55(21-3-1)60-46-47-63-61(54-60)24-18-37-69(63)84-70-29-10-16-35-76(70)87(77-36-17-11-30-71(77)84)80-53-51-66(92-89(80)82-49-45-57-23-5-7-26-65(57)91(82)94-92)59-42-40-58(41-43-59)62-50-52-78(68-28-9-8-27-67(62)68)85-72-31-12-14-33-74(72)86(75-34-15-13-32-73(75)85)79-38-19-39-83-88(79)81-48-44-56-22-4-6-25-64(56)90(81)93-83/h1-54H. The highest BCUT2D eigenvalue weighted by atomic mass is 16.3. The van der Waals surface area contributed by atoms with E-state index in [0.29, 0.717) is 0 Å². The molecule has 0 N–H and O–H groups in total. The lowest BCUT2D eigenvalue weighted by Crippen LogP contribution is -1.93.